The highest BCUT2D eigenvalue weighted by atomic mass is 15.1. The van der Waals surface area contributed by atoms with E-state index < -0.39 is 12.9 Å². The van der Waals surface area contributed by atoms with Gasteiger partial charge in [0.1, 0.15) is 5.82 Å². The maximum Gasteiger partial charge on any atom is 0.111 e. The molecule has 170 valence electrons. The summed E-state index contributed by atoms with van der Waals surface area (Å²) in [5.41, 5.74) is 4.51. The third-order valence-corrected chi connectivity index (χ3v) is 6.66. The molecule has 6 aromatic carbocycles. The Hall–Kier alpha value is -4.69. The quantitative estimate of drug-likeness (QED) is 0.237. The van der Waals surface area contributed by atoms with Gasteiger partial charge in [0.05, 0.1) is 17.9 Å². The average molecular weight is 469 g/mol. The van der Waals surface area contributed by atoms with E-state index in [0.29, 0.717) is 22.3 Å². The van der Waals surface area contributed by atoms with Crippen LogP contribution in [0.4, 0.5) is 0 Å². The van der Waals surface area contributed by atoms with Crippen LogP contribution in [-0.2, 0) is 0 Å². The molecule has 0 amide bonds. The lowest BCUT2D eigenvalue weighted by Crippen LogP contribution is -1.97. The molecular formula is C34H24N2. The Kier molecular flexibility index (Phi) is 3.20. The first-order chi connectivity index (χ1) is 21.1. The molecule has 0 saturated carbocycles. The third-order valence-electron chi connectivity index (χ3n) is 6.66. The number of aromatic nitrogens is 2. The van der Waals surface area contributed by atoms with Gasteiger partial charge in [-0.15, -0.1) is 0 Å². The summed E-state index contributed by atoms with van der Waals surface area (Å²) < 4.78 is 68.2. The van der Waals surface area contributed by atoms with E-state index in [1.54, 1.807) is 10.6 Å². The molecular weight excluding hydrogens is 436 g/mol. The van der Waals surface area contributed by atoms with E-state index in [4.69, 9.17) is 11.0 Å². The fourth-order valence-corrected chi connectivity index (χ4v) is 5.15. The monoisotopic (exact) mass is 468 g/mol. The highest BCUT2D eigenvalue weighted by Gasteiger charge is 2.16. The minimum Gasteiger partial charge on any atom is -0.297 e. The lowest BCUT2D eigenvalue weighted by Gasteiger charge is -2.18. The van der Waals surface area contributed by atoms with Crippen molar-refractivity contribution in [3.05, 3.63) is 133 Å². The van der Waals surface area contributed by atoms with Crippen LogP contribution >= 0.6 is 0 Å². The predicted octanol–water partition coefficient (Wildman–Crippen LogP) is 8.97. The van der Waals surface area contributed by atoms with Gasteiger partial charge in [-0.1, -0.05) is 103 Å². The predicted molar refractivity (Wildman–Crippen MR) is 152 cm³/mol. The van der Waals surface area contributed by atoms with Crippen LogP contribution in [0.1, 0.15) is 16.8 Å². The SMILES string of the molecule is [2H]c1c([2H])c([2H])c(-c2c3ccccc3c(-c3ccc(-n4c(C([2H])([2H])[2H])nc5ccccc54)cc3)c3ccccc23)c([2H])c1[2H]. The Labute approximate surface area is 221 Å². The molecule has 0 aliphatic rings. The second-order valence-electron chi connectivity index (χ2n) is 8.65. The van der Waals surface area contributed by atoms with Crippen LogP contribution in [0.2, 0.25) is 0 Å². The molecule has 0 fully saturated rings. The van der Waals surface area contributed by atoms with E-state index in [2.05, 4.69) is 4.98 Å². The van der Waals surface area contributed by atoms with Gasteiger partial charge < -0.3 is 0 Å². The molecule has 36 heavy (non-hydrogen) atoms. The number of benzene rings is 6. The largest absolute Gasteiger partial charge is 0.297 e. The summed E-state index contributed by atoms with van der Waals surface area (Å²) in [5.74, 6) is -0.00896. The maximum atomic E-state index is 8.73. The Morgan fingerprint density at radius 3 is 1.78 bits per heavy atom. The molecule has 2 heteroatoms. The number of aryl methyl sites for hydroxylation is 1. The van der Waals surface area contributed by atoms with Crippen LogP contribution in [0.5, 0.6) is 0 Å². The Morgan fingerprint density at radius 1 is 0.611 bits per heavy atom. The number of nitrogens with zero attached hydrogens (tertiary/aromatic N) is 2. The number of rotatable bonds is 3. The van der Waals surface area contributed by atoms with Crippen LogP contribution in [-0.4, -0.2) is 9.55 Å². The van der Waals surface area contributed by atoms with Gasteiger partial charge in [-0.05, 0) is 74.9 Å². The number of para-hydroxylation sites is 2. The first-order valence-electron chi connectivity index (χ1n) is 15.7. The van der Waals surface area contributed by atoms with Crippen molar-refractivity contribution < 1.29 is 11.0 Å². The number of hydrogen-bond donors (Lipinski definition) is 0. The van der Waals surface area contributed by atoms with Crippen molar-refractivity contribution in [2.45, 2.75) is 6.85 Å². The summed E-state index contributed by atoms with van der Waals surface area (Å²) in [6.45, 7) is -2.41. The van der Waals surface area contributed by atoms with E-state index in [1.165, 1.54) is 0 Å². The zero-order valence-corrected chi connectivity index (χ0v) is 19.1. The zero-order chi connectivity index (χ0) is 30.9. The molecule has 0 unspecified atom stereocenters. The van der Waals surface area contributed by atoms with E-state index in [0.717, 1.165) is 32.7 Å². The molecule has 0 radical (unpaired) electrons. The molecule has 0 aliphatic carbocycles. The van der Waals surface area contributed by atoms with Crippen LogP contribution in [0.25, 0.3) is 60.5 Å². The normalized spacial score (nSPS) is 15.0. The van der Waals surface area contributed by atoms with Gasteiger partial charge in [-0.2, -0.15) is 0 Å². The van der Waals surface area contributed by atoms with Crippen LogP contribution < -0.4 is 0 Å². The molecule has 0 aliphatic heterocycles. The van der Waals surface area contributed by atoms with Gasteiger partial charge in [0.15, 0.2) is 0 Å². The third kappa shape index (κ3) is 3.15. The highest BCUT2D eigenvalue weighted by Crippen LogP contribution is 2.43. The molecule has 0 bridgehead atoms. The minimum atomic E-state index is -2.41. The molecule has 7 aromatic rings. The van der Waals surface area contributed by atoms with Gasteiger partial charge in [0.25, 0.3) is 0 Å². The summed E-state index contributed by atoms with van der Waals surface area (Å²) in [4.78, 5) is 4.42. The van der Waals surface area contributed by atoms with E-state index in [-0.39, 0.29) is 35.6 Å². The van der Waals surface area contributed by atoms with Crippen LogP contribution in [0.15, 0.2) is 127 Å². The van der Waals surface area contributed by atoms with Crippen molar-refractivity contribution in [3.63, 3.8) is 0 Å². The second-order valence-corrected chi connectivity index (χ2v) is 8.65. The lowest BCUT2D eigenvalue weighted by molar-refractivity contribution is 1.00. The van der Waals surface area contributed by atoms with Crippen molar-refractivity contribution in [1.82, 2.24) is 9.55 Å². The summed E-state index contributed by atoms with van der Waals surface area (Å²) in [7, 11) is 0. The number of imidazole rings is 1. The van der Waals surface area contributed by atoms with Crippen molar-refractivity contribution in [3.8, 4) is 27.9 Å². The van der Waals surface area contributed by atoms with Crippen molar-refractivity contribution in [1.29, 1.82) is 0 Å². The molecule has 1 heterocycles. The Balaban J connectivity index is 1.50. The van der Waals surface area contributed by atoms with Gasteiger partial charge in [-0.25, -0.2) is 4.98 Å². The summed E-state index contributed by atoms with van der Waals surface area (Å²) >= 11 is 0. The van der Waals surface area contributed by atoms with E-state index in [1.807, 2.05) is 91.0 Å². The summed E-state index contributed by atoms with van der Waals surface area (Å²) in [5, 5.41) is 3.23. The first kappa shape index (κ1) is 14.0. The fraction of sp³-hybridized carbons (Fsp3) is 0.0294. The maximum absolute atomic E-state index is 8.73. The van der Waals surface area contributed by atoms with Gasteiger partial charge in [0.2, 0.25) is 0 Å². The molecule has 1 aromatic heterocycles. The topological polar surface area (TPSA) is 17.8 Å². The van der Waals surface area contributed by atoms with Gasteiger partial charge >= 0.3 is 0 Å². The summed E-state index contributed by atoms with van der Waals surface area (Å²) in [6, 6.07) is 28.7. The van der Waals surface area contributed by atoms with Crippen molar-refractivity contribution in [2.24, 2.45) is 0 Å². The minimum absolute atomic E-state index is 0.00896. The highest BCUT2D eigenvalue weighted by molar-refractivity contribution is 6.21. The lowest BCUT2D eigenvalue weighted by atomic mass is 9.86. The zero-order valence-electron chi connectivity index (χ0n) is 27.1. The van der Waals surface area contributed by atoms with Crippen LogP contribution in [0.3, 0.4) is 0 Å². The smallest absolute Gasteiger partial charge is 0.111 e. The fourth-order valence-electron chi connectivity index (χ4n) is 5.15. The molecule has 7 rings (SSSR count). The Morgan fingerprint density at radius 2 is 1.17 bits per heavy atom. The second kappa shape index (κ2) is 8.21. The van der Waals surface area contributed by atoms with E-state index >= 15 is 0 Å². The average Bonchev–Trinajstić information content (AvgIpc) is 3.43. The van der Waals surface area contributed by atoms with Crippen LogP contribution in [0, 0.1) is 6.85 Å². The molecule has 0 spiro atoms. The van der Waals surface area contributed by atoms with Crippen molar-refractivity contribution in [2.75, 3.05) is 0 Å². The van der Waals surface area contributed by atoms with Crippen molar-refractivity contribution >= 4 is 32.6 Å². The van der Waals surface area contributed by atoms with Gasteiger partial charge in [0, 0.05) is 9.80 Å². The molecule has 0 N–H and O–H groups in total. The number of fused-ring (bicyclic) bond motifs is 3. The standard InChI is InChI=1S/C34H24N2/c1-23-35-31-17-9-10-18-32(31)36(23)26-21-19-25(20-22-26)34-29-15-7-5-13-27(29)33(24-11-3-2-4-12-24)28-14-6-8-16-30(28)34/h2-22H,1H3/i1D3,2D,3D,4D,11D,12D. The number of hydrogen-bond acceptors (Lipinski definition) is 1. The molecule has 2 nitrogen and oxygen atoms in total. The molecule has 0 saturated heterocycles. The van der Waals surface area contributed by atoms with E-state index in [9.17, 15) is 0 Å². The Bertz CT molecular complexity index is 2180. The van der Waals surface area contributed by atoms with Gasteiger partial charge in [-0.3, -0.25) is 4.57 Å². The molecule has 0 atom stereocenters. The summed E-state index contributed by atoms with van der Waals surface area (Å²) in [6.07, 6.45) is 0. The first-order valence-corrected chi connectivity index (χ1v) is 11.7.